The van der Waals surface area contributed by atoms with Crippen LogP contribution in [0, 0.1) is 0 Å². The average Bonchev–Trinajstić information content (AvgIpc) is 2.37. The maximum atomic E-state index is 11.9. The number of urea groups is 1. The van der Waals surface area contributed by atoms with Crippen LogP contribution in [0.3, 0.4) is 0 Å². The van der Waals surface area contributed by atoms with Crippen molar-refractivity contribution >= 4 is 12.0 Å². The predicted octanol–water partition coefficient (Wildman–Crippen LogP) is -0.358. The summed E-state index contributed by atoms with van der Waals surface area (Å²) in [5, 5.41) is 20.8. The lowest BCUT2D eigenvalue weighted by atomic mass is 9.90. The first-order chi connectivity index (χ1) is 8.43. The fourth-order valence-corrected chi connectivity index (χ4v) is 1.73. The van der Waals surface area contributed by atoms with Gasteiger partial charge in [-0.15, -0.1) is 0 Å². The largest absolute Gasteiger partial charge is 0.480 e. The van der Waals surface area contributed by atoms with Gasteiger partial charge in [0.05, 0.1) is 12.6 Å². The monoisotopic (exact) mass is 260 g/mol. The Kier molecular flexibility index (Phi) is 4.92. The molecular weight excluding hydrogens is 240 g/mol. The van der Waals surface area contributed by atoms with E-state index in [9.17, 15) is 14.7 Å². The maximum Gasteiger partial charge on any atom is 0.329 e. The minimum atomic E-state index is -1.27. The van der Waals surface area contributed by atoms with Crippen molar-refractivity contribution < 1.29 is 24.5 Å². The number of aliphatic carboxylic acids is 1. The minimum absolute atomic E-state index is 0.174. The van der Waals surface area contributed by atoms with Gasteiger partial charge in [0.1, 0.15) is 5.54 Å². The molecule has 1 fully saturated rings. The molecule has 0 aromatic heterocycles. The molecule has 18 heavy (non-hydrogen) atoms. The van der Waals surface area contributed by atoms with Gasteiger partial charge < -0.3 is 25.2 Å². The standard InChI is InChI=1S/C11H20N2O5/c1-8(7-14)13(2)10(17)12-11(9(15)16)3-5-18-6-4-11/h8,14H,3-7H2,1-2H3,(H,12,17)(H,15,16). The van der Waals surface area contributed by atoms with E-state index in [-0.39, 0.29) is 25.5 Å². The van der Waals surface area contributed by atoms with Crippen LogP contribution < -0.4 is 5.32 Å². The summed E-state index contributed by atoms with van der Waals surface area (Å²) < 4.78 is 5.12. The summed E-state index contributed by atoms with van der Waals surface area (Å²) in [6, 6.07) is -0.864. The van der Waals surface area contributed by atoms with E-state index in [2.05, 4.69) is 5.32 Å². The Morgan fingerprint density at radius 1 is 1.44 bits per heavy atom. The first-order valence-corrected chi connectivity index (χ1v) is 5.90. The second kappa shape index (κ2) is 6.01. The summed E-state index contributed by atoms with van der Waals surface area (Å²) >= 11 is 0. The minimum Gasteiger partial charge on any atom is -0.480 e. The molecule has 1 unspecified atom stereocenters. The number of nitrogens with one attached hydrogen (secondary N) is 1. The van der Waals surface area contributed by atoms with Gasteiger partial charge in [-0.2, -0.15) is 0 Å². The number of rotatable bonds is 4. The number of hydrogen-bond donors (Lipinski definition) is 3. The van der Waals surface area contributed by atoms with E-state index in [1.807, 2.05) is 0 Å². The lowest BCUT2D eigenvalue weighted by Crippen LogP contribution is -2.60. The number of carbonyl (C=O) groups excluding carboxylic acids is 1. The van der Waals surface area contributed by atoms with Crippen molar-refractivity contribution in [2.24, 2.45) is 0 Å². The van der Waals surface area contributed by atoms with E-state index >= 15 is 0 Å². The fraction of sp³-hybridized carbons (Fsp3) is 0.818. The molecule has 2 amide bonds. The van der Waals surface area contributed by atoms with Gasteiger partial charge in [0.2, 0.25) is 0 Å². The van der Waals surface area contributed by atoms with Crippen LogP contribution in [0.5, 0.6) is 0 Å². The smallest absolute Gasteiger partial charge is 0.329 e. The highest BCUT2D eigenvalue weighted by Crippen LogP contribution is 2.21. The maximum absolute atomic E-state index is 11.9. The van der Waals surface area contributed by atoms with Gasteiger partial charge >= 0.3 is 12.0 Å². The second-order valence-corrected chi connectivity index (χ2v) is 4.57. The molecule has 0 spiro atoms. The number of carboxylic acid groups (broad SMARTS) is 1. The molecule has 0 bridgehead atoms. The SMILES string of the molecule is CC(CO)N(C)C(=O)NC1(C(=O)O)CCOCC1. The molecule has 1 aliphatic heterocycles. The lowest BCUT2D eigenvalue weighted by Gasteiger charge is -2.36. The van der Waals surface area contributed by atoms with Gasteiger partial charge in [-0.3, -0.25) is 0 Å². The third-order valence-corrected chi connectivity index (χ3v) is 3.35. The van der Waals surface area contributed by atoms with E-state index < -0.39 is 17.5 Å². The Morgan fingerprint density at radius 3 is 2.44 bits per heavy atom. The third kappa shape index (κ3) is 3.11. The Morgan fingerprint density at radius 2 is 2.00 bits per heavy atom. The zero-order valence-electron chi connectivity index (χ0n) is 10.7. The van der Waals surface area contributed by atoms with Crippen molar-refractivity contribution in [3.05, 3.63) is 0 Å². The van der Waals surface area contributed by atoms with Crippen LogP contribution in [0.1, 0.15) is 19.8 Å². The van der Waals surface area contributed by atoms with Crippen LogP contribution in [0.15, 0.2) is 0 Å². The average molecular weight is 260 g/mol. The number of hydrogen-bond acceptors (Lipinski definition) is 4. The molecule has 1 heterocycles. The van der Waals surface area contributed by atoms with Gasteiger partial charge in [-0.1, -0.05) is 0 Å². The topological polar surface area (TPSA) is 99.1 Å². The quantitative estimate of drug-likeness (QED) is 0.641. The Bertz CT molecular complexity index is 315. The van der Waals surface area contributed by atoms with Crippen LogP contribution >= 0.6 is 0 Å². The summed E-state index contributed by atoms with van der Waals surface area (Å²) in [5.41, 5.74) is -1.27. The highest BCUT2D eigenvalue weighted by atomic mass is 16.5. The van der Waals surface area contributed by atoms with Crippen molar-refractivity contribution in [1.82, 2.24) is 10.2 Å². The first-order valence-electron chi connectivity index (χ1n) is 5.90. The summed E-state index contributed by atoms with van der Waals surface area (Å²) in [6.07, 6.45) is 0.491. The molecule has 0 aromatic carbocycles. The molecule has 0 saturated carbocycles. The molecule has 1 aliphatic rings. The third-order valence-electron chi connectivity index (χ3n) is 3.35. The molecule has 7 nitrogen and oxygen atoms in total. The van der Waals surface area contributed by atoms with E-state index in [1.54, 1.807) is 6.92 Å². The van der Waals surface area contributed by atoms with Crippen LogP contribution in [0.2, 0.25) is 0 Å². The van der Waals surface area contributed by atoms with Gasteiger partial charge in [0.25, 0.3) is 0 Å². The molecule has 1 atom stereocenters. The molecule has 1 rings (SSSR count). The Labute approximate surface area is 106 Å². The molecule has 1 saturated heterocycles. The molecule has 104 valence electrons. The summed E-state index contributed by atoms with van der Waals surface area (Å²) in [7, 11) is 1.52. The summed E-state index contributed by atoms with van der Waals surface area (Å²) in [5.74, 6) is -1.05. The molecule has 0 aliphatic carbocycles. The Hall–Kier alpha value is -1.34. The number of ether oxygens (including phenoxy) is 1. The van der Waals surface area contributed by atoms with Crippen molar-refractivity contribution in [3.63, 3.8) is 0 Å². The number of aliphatic hydroxyl groups excluding tert-OH is 1. The number of carboxylic acids is 1. The molecule has 7 heteroatoms. The molecule has 3 N–H and O–H groups in total. The zero-order chi connectivity index (χ0) is 13.8. The van der Waals surface area contributed by atoms with Gasteiger partial charge in [-0.25, -0.2) is 9.59 Å². The van der Waals surface area contributed by atoms with E-state index in [0.717, 1.165) is 0 Å². The molecular formula is C11H20N2O5. The zero-order valence-corrected chi connectivity index (χ0v) is 10.7. The number of amides is 2. The van der Waals surface area contributed by atoms with Crippen molar-refractivity contribution in [1.29, 1.82) is 0 Å². The number of nitrogens with zero attached hydrogens (tertiary/aromatic N) is 1. The van der Waals surface area contributed by atoms with Crippen molar-refractivity contribution in [2.75, 3.05) is 26.9 Å². The number of likely N-dealkylation sites (N-methyl/N-ethyl adjacent to an activating group) is 1. The lowest BCUT2D eigenvalue weighted by molar-refractivity contribution is -0.148. The Balaban J connectivity index is 2.72. The van der Waals surface area contributed by atoms with E-state index in [0.29, 0.717) is 13.2 Å². The first kappa shape index (κ1) is 14.7. The van der Waals surface area contributed by atoms with Crippen molar-refractivity contribution in [3.8, 4) is 0 Å². The highest BCUT2D eigenvalue weighted by molar-refractivity contribution is 5.86. The van der Waals surface area contributed by atoms with E-state index in [1.165, 1.54) is 11.9 Å². The fourth-order valence-electron chi connectivity index (χ4n) is 1.73. The normalized spacial score (nSPS) is 19.9. The van der Waals surface area contributed by atoms with E-state index in [4.69, 9.17) is 9.84 Å². The van der Waals surface area contributed by atoms with Gasteiger partial charge in [0.15, 0.2) is 0 Å². The molecule has 0 aromatic rings. The number of carbonyl (C=O) groups is 2. The summed E-state index contributed by atoms with van der Waals surface area (Å²) in [6.45, 7) is 2.13. The van der Waals surface area contributed by atoms with Crippen LogP contribution in [-0.2, 0) is 9.53 Å². The van der Waals surface area contributed by atoms with Gasteiger partial charge in [0, 0.05) is 33.1 Å². The van der Waals surface area contributed by atoms with Crippen LogP contribution in [0.25, 0.3) is 0 Å². The summed E-state index contributed by atoms with van der Waals surface area (Å²) in [4.78, 5) is 24.5. The highest BCUT2D eigenvalue weighted by Gasteiger charge is 2.42. The van der Waals surface area contributed by atoms with Crippen molar-refractivity contribution in [2.45, 2.75) is 31.3 Å². The number of aliphatic hydroxyl groups is 1. The van der Waals surface area contributed by atoms with Crippen LogP contribution in [0.4, 0.5) is 4.79 Å². The predicted molar refractivity (Wildman–Crippen MR) is 63.3 cm³/mol. The second-order valence-electron chi connectivity index (χ2n) is 4.57. The van der Waals surface area contributed by atoms with Gasteiger partial charge in [-0.05, 0) is 6.92 Å². The molecule has 0 radical (unpaired) electrons. The van der Waals surface area contributed by atoms with Crippen LogP contribution in [-0.4, -0.2) is 65.6 Å².